The van der Waals surface area contributed by atoms with E-state index in [1.54, 1.807) is 79.7 Å². The molecule has 0 aliphatic heterocycles. The van der Waals surface area contributed by atoms with Crippen LogP contribution in [0.3, 0.4) is 0 Å². The molecule has 0 aromatic heterocycles. The monoisotopic (exact) mass is 581 g/mol. The fraction of sp³-hybridized carbons (Fsp3) is 0.103. The molecule has 10 heteroatoms. The lowest BCUT2D eigenvalue weighted by Crippen LogP contribution is -2.40. The highest BCUT2D eigenvalue weighted by atomic mass is 35.5. The second-order valence-electron chi connectivity index (χ2n) is 8.53. The van der Waals surface area contributed by atoms with Crippen molar-refractivity contribution in [2.45, 2.75) is 18.4 Å². The molecule has 0 bridgehead atoms. The normalized spacial score (nSPS) is 11.4. The molecule has 4 rings (SSSR count). The molecule has 4 aromatic rings. The van der Waals surface area contributed by atoms with Crippen LogP contribution in [0.2, 0.25) is 10.0 Å². The van der Waals surface area contributed by atoms with Gasteiger partial charge >= 0.3 is 0 Å². The Morgan fingerprint density at radius 3 is 2.26 bits per heavy atom. The van der Waals surface area contributed by atoms with Crippen LogP contribution >= 0.6 is 23.2 Å². The minimum absolute atomic E-state index is 0.0639. The number of halogens is 2. The van der Waals surface area contributed by atoms with E-state index in [1.165, 1.54) is 18.3 Å². The van der Waals surface area contributed by atoms with Crippen molar-refractivity contribution in [3.63, 3.8) is 0 Å². The van der Waals surface area contributed by atoms with E-state index >= 15 is 0 Å². The highest BCUT2D eigenvalue weighted by molar-refractivity contribution is 7.92. The van der Waals surface area contributed by atoms with Crippen molar-refractivity contribution in [2.75, 3.05) is 10.8 Å². The molecule has 200 valence electrons. The topological polar surface area (TPSA) is 88.1 Å². The van der Waals surface area contributed by atoms with E-state index in [4.69, 9.17) is 27.9 Å². The van der Waals surface area contributed by atoms with Gasteiger partial charge in [0.05, 0.1) is 16.8 Å². The summed E-state index contributed by atoms with van der Waals surface area (Å²) in [6.07, 6.45) is 1.46. The Labute approximate surface area is 237 Å². The summed E-state index contributed by atoms with van der Waals surface area (Å²) < 4.78 is 33.7. The summed E-state index contributed by atoms with van der Waals surface area (Å²) in [6.45, 7) is 1.65. The minimum atomic E-state index is -4.04. The number of benzene rings is 4. The first-order chi connectivity index (χ1) is 18.7. The number of carbonyl (C=O) groups is 1. The Morgan fingerprint density at radius 2 is 1.59 bits per heavy atom. The van der Waals surface area contributed by atoms with Crippen LogP contribution in [0, 0.1) is 6.92 Å². The van der Waals surface area contributed by atoms with Gasteiger partial charge in [0.2, 0.25) is 0 Å². The van der Waals surface area contributed by atoms with Gasteiger partial charge in [-0.05, 0) is 90.3 Å². The van der Waals surface area contributed by atoms with Crippen LogP contribution in [0.5, 0.6) is 5.75 Å². The molecule has 0 fully saturated rings. The van der Waals surface area contributed by atoms with Crippen molar-refractivity contribution in [3.05, 3.63) is 124 Å². The van der Waals surface area contributed by atoms with Crippen LogP contribution < -0.4 is 14.5 Å². The quantitative estimate of drug-likeness (QED) is 0.178. The van der Waals surface area contributed by atoms with Gasteiger partial charge in [-0.1, -0.05) is 53.5 Å². The van der Waals surface area contributed by atoms with Crippen molar-refractivity contribution in [3.8, 4) is 5.75 Å². The Bertz CT molecular complexity index is 1560. The van der Waals surface area contributed by atoms with Crippen LogP contribution in [0.25, 0.3) is 0 Å². The van der Waals surface area contributed by atoms with Gasteiger partial charge in [0.15, 0.2) is 0 Å². The molecule has 1 N–H and O–H groups in total. The zero-order valence-corrected chi connectivity index (χ0v) is 23.2. The molecule has 0 aliphatic carbocycles. The summed E-state index contributed by atoms with van der Waals surface area (Å²) in [5.41, 5.74) is 5.07. The van der Waals surface area contributed by atoms with Crippen LogP contribution in [0.15, 0.2) is 107 Å². The number of carbonyl (C=O) groups excluding carboxylic acids is 1. The van der Waals surface area contributed by atoms with Gasteiger partial charge in [0, 0.05) is 10.0 Å². The second-order valence-corrected chi connectivity index (χ2v) is 11.3. The summed E-state index contributed by atoms with van der Waals surface area (Å²) in [6, 6.07) is 27.3. The first-order valence-electron chi connectivity index (χ1n) is 11.9. The van der Waals surface area contributed by atoms with Crippen molar-refractivity contribution >= 4 is 51.0 Å². The molecule has 0 saturated carbocycles. The van der Waals surface area contributed by atoms with Gasteiger partial charge in [-0.15, -0.1) is 0 Å². The molecular formula is C29H25Cl2N3O4S. The van der Waals surface area contributed by atoms with Crippen molar-refractivity contribution < 1.29 is 17.9 Å². The third kappa shape index (κ3) is 7.60. The van der Waals surface area contributed by atoms with E-state index in [0.717, 1.165) is 15.4 Å². The third-order valence-corrected chi connectivity index (χ3v) is 7.91. The van der Waals surface area contributed by atoms with Crippen LogP contribution in [-0.2, 0) is 21.4 Å². The highest BCUT2D eigenvalue weighted by Crippen LogP contribution is 2.28. The maximum Gasteiger partial charge on any atom is 0.264 e. The van der Waals surface area contributed by atoms with Gasteiger partial charge in [-0.2, -0.15) is 5.10 Å². The number of hydrogen-bond donors (Lipinski definition) is 1. The summed E-state index contributed by atoms with van der Waals surface area (Å²) >= 11 is 12.0. The summed E-state index contributed by atoms with van der Waals surface area (Å²) in [5.74, 6) is 0.0641. The standard InChI is InChI=1S/C29H25Cl2N3O4S/c1-21-17-25(31)13-16-28(21)34(39(36,37)27-5-3-2-4-6-27)19-29(35)33-32-18-22-9-14-26(15-10-22)38-20-23-7-11-24(30)12-8-23/h2-18H,19-20H2,1H3,(H,33,35)/b32-18-. The summed E-state index contributed by atoms with van der Waals surface area (Å²) in [5, 5.41) is 5.12. The molecule has 0 aliphatic rings. The van der Waals surface area contributed by atoms with E-state index in [1.807, 2.05) is 12.1 Å². The fourth-order valence-corrected chi connectivity index (χ4v) is 5.52. The molecular weight excluding hydrogens is 557 g/mol. The lowest BCUT2D eigenvalue weighted by atomic mass is 10.2. The number of rotatable bonds is 10. The number of hydrogen-bond acceptors (Lipinski definition) is 5. The summed E-state index contributed by atoms with van der Waals surface area (Å²) in [4.78, 5) is 12.8. The van der Waals surface area contributed by atoms with Crippen molar-refractivity contribution in [1.29, 1.82) is 0 Å². The Morgan fingerprint density at radius 1 is 0.923 bits per heavy atom. The molecule has 0 atom stereocenters. The number of ether oxygens (including phenoxy) is 1. The van der Waals surface area contributed by atoms with Gasteiger partial charge in [0.1, 0.15) is 18.9 Å². The zero-order chi connectivity index (χ0) is 27.8. The maximum atomic E-state index is 13.4. The molecule has 0 unspecified atom stereocenters. The number of nitrogens with zero attached hydrogens (tertiary/aromatic N) is 2. The maximum absolute atomic E-state index is 13.4. The first-order valence-corrected chi connectivity index (χ1v) is 14.0. The summed E-state index contributed by atoms with van der Waals surface area (Å²) in [7, 11) is -4.04. The van der Waals surface area contributed by atoms with E-state index in [2.05, 4.69) is 10.5 Å². The number of hydrazone groups is 1. The molecule has 4 aromatic carbocycles. The first kappa shape index (κ1) is 28.2. The number of nitrogens with one attached hydrogen (secondary N) is 1. The molecule has 0 heterocycles. The number of sulfonamides is 1. The van der Waals surface area contributed by atoms with Crippen molar-refractivity contribution in [2.24, 2.45) is 5.10 Å². The Hall–Kier alpha value is -3.85. The molecule has 0 saturated heterocycles. The van der Waals surface area contributed by atoms with Crippen LogP contribution in [-0.4, -0.2) is 27.1 Å². The van der Waals surface area contributed by atoms with E-state index < -0.39 is 22.5 Å². The fourth-order valence-electron chi connectivity index (χ4n) is 3.66. The van der Waals surface area contributed by atoms with Gasteiger partial charge in [-0.3, -0.25) is 9.10 Å². The van der Waals surface area contributed by atoms with Crippen molar-refractivity contribution in [1.82, 2.24) is 5.43 Å². The predicted molar refractivity (Wildman–Crippen MR) is 155 cm³/mol. The van der Waals surface area contributed by atoms with Gasteiger partial charge in [0.25, 0.3) is 15.9 Å². The second kappa shape index (κ2) is 12.8. The largest absolute Gasteiger partial charge is 0.489 e. The Kier molecular flexibility index (Phi) is 9.24. The molecule has 1 amide bonds. The minimum Gasteiger partial charge on any atom is -0.489 e. The average molecular weight is 583 g/mol. The number of aryl methyl sites for hydroxylation is 1. The lowest BCUT2D eigenvalue weighted by Gasteiger charge is -2.25. The highest BCUT2D eigenvalue weighted by Gasteiger charge is 2.28. The lowest BCUT2D eigenvalue weighted by molar-refractivity contribution is -0.119. The van der Waals surface area contributed by atoms with E-state index in [0.29, 0.717) is 33.7 Å². The number of anilines is 1. The third-order valence-electron chi connectivity index (χ3n) is 5.65. The smallest absolute Gasteiger partial charge is 0.264 e. The predicted octanol–water partition coefficient (Wildman–Crippen LogP) is 6.23. The molecule has 39 heavy (non-hydrogen) atoms. The van der Waals surface area contributed by atoms with Crippen LogP contribution in [0.4, 0.5) is 5.69 Å². The van der Waals surface area contributed by atoms with Gasteiger partial charge < -0.3 is 4.74 Å². The van der Waals surface area contributed by atoms with Gasteiger partial charge in [-0.25, -0.2) is 13.8 Å². The average Bonchev–Trinajstić information content (AvgIpc) is 2.93. The molecule has 7 nitrogen and oxygen atoms in total. The molecule has 0 spiro atoms. The van der Waals surface area contributed by atoms with E-state index in [9.17, 15) is 13.2 Å². The number of amides is 1. The van der Waals surface area contributed by atoms with E-state index in [-0.39, 0.29) is 4.90 Å². The van der Waals surface area contributed by atoms with Crippen LogP contribution in [0.1, 0.15) is 16.7 Å². The SMILES string of the molecule is Cc1cc(Cl)ccc1N(CC(=O)N/N=C\c1ccc(OCc2ccc(Cl)cc2)cc1)S(=O)(=O)c1ccccc1. The molecule has 0 radical (unpaired) electrons. The zero-order valence-electron chi connectivity index (χ0n) is 20.9. The Balaban J connectivity index is 1.41.